The number of hydrogen-bond donors (Lipinski definition) is 1. The van der Waals surface area contributed by atoms with Gasteiger partial charge in [-0.15, -0.1) is 0 Å². The summed E-state index contributed by atoms with van der Waals surface area (Å²) in [5.74, 6) is 3.82. The van der Waals surface area contributed by atoms with Crippen molar-refractivity contribution in [3.63, 3.8) is 0 Å². The van der Waals surface area contributed by atoms with Crippen LogP contribution in [0.1, 0.15) is 32.5 Å². The zero-order valence-electron chi connectivity index (χ0n) is 12.8. The van der Waals surface area contributed by atoms with Crippen molar-refractivity contribution in [2.75, 3.05) is 18.1 Å². The quantitative estimate of drug-likeness (QED) is 0.838. The molecule has 20 heavy (non-hydrogen) atoms. The summed E-state index contributed by atoms with van der Waals surface area (Å²) in [6.07, 6.45) is 7.48. The van der Waals surface area contributed by atoms with Crippen molar-refractivity contribution in [2.45, 2.75) is 49.7 Å². The van der Waals surface area contributed by atoms with E-state index < -0.39 is 0 Å². The Hall–Kier alpha value is -0.130. The molecule has 3 unspecified atom stereocenters. The van der Waals surface area contributed by atoms with E-state index in [4.69, 9.17) is 0 Å². The maximum atomic E-state index is 4.46. The molecular weight excluding hydrogens is 286 g/mol. The Morgan fingerprint density at radius 1 is 1.40 bits per heavy atom. The van der Waals surface area contributed by atoms with Crippen LogP contribution in [0.15, 0.2) is 12.4 Å². The minimum Gasteiger partial charge on any atom is -0.338 e. The number of imidazole rings is 1. The summed E-state index contributed by atoms with van der Waals surface area (Å²) < 4.78 is 2.14. The van der Waals surface area contributed by atoms with Gasteiger partial charge in [-0.05, 0) is 19.4 Å². The molecule has 3 nitrogen and oxygen atoms in total. The van der Waals surface area contributed by atoms with Crippen LogP contribution in [0.3, 0.4) is 0 Å². The summed E-state index contributed by atoms with van der Waals surface area (Å²) in [4.78, 5) is 4.46. The Labute approximate surface area is 131 Å². The summed E-state index contributed by atoms with van der Waals surface area (Å²) >= 11 is 4.35. The highest BCUT2D eigenvalue weighted by Gasteiger charge is 2.31. The van der Waals surface area contributed by atoms with Crippen LogP contribution in [-0.2, 0) is 13.5 Å². The molecule has 114 valence electrons. The zero-order chi connectivity index (χ0) is 14.4. The highest BCUT2D eigenvalue weighted by molar-refractivity contribution is 8.07. The predicted molar refractivity (Wildman–Crippen MR) is 91.8 cm³/mol. The summed E-state index contributed by atoms with van der Waals surface area (Å²) in [5.41, 5.74) is 0. The molecule has 2 rings (SSSR count). The first-order valence-electron chi connectivity index (χ1n) is 7.69. The topological polar surface area (TPSA) is 29.9 Å². The minimum atomic E-state index is 0.611. The van der Waals surface area contributed by atoms with Gasteiger partial charge >= 0.3 is 0 Å². The third kappa shape index (κ3) is 4.18. The smallest absolute Gasteiger partial charge is 0.108 e. The highest BCUT2D eigenvalue weighted by Crippen LogP contribution is 2.36. The van der Waals surface area contributed by atoms with Crippen LogP contribution in [-0.4, -0.2) is 44.1 Å². The fourth-order valence-electron chi connectivity index (χ4n) is 2.88. The lowest BCUT2D eigenvalue weighted by molar-refractivity contribution is 0.458. The molecule has 3 atom stereocenters. The van der Waals surface area contributed by atoms with Gasteiger partial charge in [0, 0.05) is 53.9 Å². The maximum Gasteiger partial charge on any atom is 0.108 e. The van der Waals surface area contributed by atoms with Crippen molar-refractivity contribution in [2.24, 2.45) is 7.05 Å². The second-order valence-corrected chi connectivity index (χ2v) is 7.94. The van der Waals surface area contributed by atoms with E-state index in [0.29, 0.717) is 6.04 Å². The number of aryl methyl sites for hydroxylation is 2. The Kier molecular flexibility index (Phi) is 6.78. The van der Waals surface area contributed by atoms with Crippen molar-refractivity contribution < 1.29 is 0 Å². The van der Waals surface area contributed by atoms with Crippen molar-refractivity contribution in [1.29, 1.82) is 0 Å². The van der Waals surface area contributed by atoms with Gasteiger partial charge in [-0.1, -0.05) is 13.8 Å². The first-order valence-corrected chi connectivity index (χ1v) is 9.78. The Bertz CT molecular complexity index is 394. The highest BCUT2D eigenvalue weighted by atomic mass is 32.2. The van der Waals surface area contributed by atoms with E-state index in [0.717, 1.165) is 23.5 Å². The molecule has 0 spiro atoms. The van der Waals surface area contributed by atoms with Crippen molar-refractivity contribution in [3.8, 4) is 0 Å². The van der Waals surface area contributed by atoms with E-state index in [1.54, 1.807) is 0 Å². The zero-order valence-corrected chi connectivity index (χ0v) is 14.5. The van der Waals surface area contributed by atoms with Crippen LogP contribution < -0.4 is 5.32 Å². The van der Waals surface area contributed by atoms with Crippen LogP contribution >= 0.6 is 23.5 Å². The van der Waals surface area contributed by atoms with Crippen LogP contribution in [0.2, 0.25) is 0 Å². The van der Waals surface area contributed by atoms with E-state index in [1.165, 1.54) is 30.2 Å². The lowest BCUT2D eigenvalue weighted by Gasteiger charge is -2.36. The van der Waals surface area contributed by atoms with E-state index in [1.807, 2.05) is 12.4 Å². The van der Waals surface area contributed by atoms with Crippen LogP contribution in [0.5, 0.6) is 0 Å². The van der Waals surface area contributed by atoms with Gasteiger partial charge in [-0.2, -0.15) is 23.5 Å². The van der Waals surface area contributed by atoms with E-state index in [-0.39, 0.29) is 0 Å². The molecule has 1 aliphatic heterocycles. The SMILES string of the molecule is CCNC(CCc1nccn1C)C1SCCSC1CC. The summed E-state index contributed by atoms with van der Waals surface area (Å²) in [5, 5.41) is 5.28. The van der Waals surface area contributed by atoms with Gasteiger partial charge in [0.15, 0.2) is 0 Å². The molecule has 5 heteroatoms. The van der Waals surface area contributed by atoms with Gasteiger partial charge in [0.1, 0.15) is 5.82 Å². The third-order valence-electron chi connectivity index (χ3n) is 3.96. The average molecular weight is 314 g/mol. The summed E-state index contributed by atoms with van der Waals surface area (Å²) in [7, 11) is 2.09. The van der Waals surface area contributed by atoms with E-state index in [9.17, 15) is 0 Å². The summed E-state index contributed by atoms with van der Waals surface area (Å²) in [6.45, 7) is 5.61. The standard InChI is InChI=1S/C15H27N3S2/c1-4-13-15(20-11-10-19-13)12(16-5-2)6-7-14-17-8-9-18(14)3/h8-9,12-13,15-16H,4-7,10-11H2,1-3H3. The third-order valence-corrected chi connectivity index (χ3v) is 7.36. The Balaban J connectivity index is 1.96. The monoisotopic (exact) mass is 313 g/mol. The van der Waals surface area contributed by atoms with Gasteiger partial charge in [0.05, 0.1) is 0 Å². The molecule has 1 fully saturated rings. The lowest BCUT2D eigenvalue weighted by Crippen LogP contribution is -2.45. The average Bonchev–Trinajstić information content (AvgIpc) is 2.89. The molecule has 0 bridgehead atoms. The van der Waals surface area contributed by atoms with Crippen molar-refractivity contribution >= 4 is 23.5 Å². The van der Waals surface area contributed by atoms with E-state index in [2.05, 4.69) is 59.3 Å². The molecule has 1 saturated heterocycles. The van der Waals surface area contributed by atoms with Gasteiger partial charge in [-0.3, -0.25) is 0 Å². The van der Waals surface area contributed by atoms with Gasteiger partial charge in [0.25, 0.3) is 0 Å². The fourth-order valence-corrected chi connectivity index (χ4v) is 6.18. The van der Waals surface area contributed by atoms with Crippen LogP contribution in [0, 0.1) is 0 Å². The second kappa shape index (κ2) is 8.35. The molecule has 0 radical (unpaired) electrons. The molecule has 1 aliphatic rings. The van der Waals surface area contributed by atoms with Gasteiger partial charge in [-0.25, -0.2) is 4.98 Å². The van der Waals surface area contributed by atoms with Crippen molar-refractivity contribution in [1.82, 2.24) is 14.9 Å². The predicted octanol–water partition coefficient (Wildman–Crippen LogP) is 2.96. The Morgan fingerprint density at radius 3 is 2.85 bits per heavy atom. The van der Waals surface area contributed by atoms with Gasteiger partial charge < -0.3 is 9.88 Å². The number of thioether (sulfide) groups is 2. The van der Waals surface area contributed by atoms with E-state index >= 15 is 0 Å². The molecule has 0 saturated carbocycles. The normalized spacial score (nSPS) is 24.8. The minimum absolute atomic E-state index is 0.611. The molecule has 1 aromatic heterocycles. The number of nitrogens with zero attached hydrogens (tertiary/aromatic N) is 2. The lowest BCUT2D eigenvalue weighted by atomic mass is 10.0. The molecule has 1 N–H and O–H groups in total. The summed E-state index contributed by atoms with van der Waals surface area (Å²) in [6, 6.07) is 0.611. The van der Waals surface area contributed by atoms with Crippen LogP contribution in [0.25, 0.3) is 0 Å². The molecular formula is C15H27N3S2. The molecule has 0 aliphatic carbocycles. The largest absolute Gasteiger partial charge is 0.338 e. The molecule has 0 amide bonds. The van der Waals surface area contributed by atoms with Gasteiger partial charge in [0.2, 0.25) is 0 Å². The Morgan fingerprint density at radius 2 is 2.20 bits per heavy atom. The number of rotatable bonds is 7. The molecule has 1 aromatic rings. The number of aromatic nitrogens is 2. The molecule has 2 heterocycles. The first-order chi connectivity index (χ1) is 9.76. The van der Waals surface area contributed by atoms with Crippen molar-refractivity contribution in [3.05, 3.63) is 18.2 Å². The fraction of sp³-hybridized carbons (Fsp3) is 0.800. The maximum absolute atomic E-state index is 4.46. The second-order valence-electron chi connectivity index (χ2n) is 5.31. The van der Waals surface area contributed by atoms with Crippen LogP contribution in [0.4, 0.5) is 0 Å². The first kappa shape index (κ1) is 16.2. The molecule has 0 aromatic carbocycles. The number of nitrogens with one attached hydrogen (secondary N) is 1. The number of hydrogen-bond acceptors (Lipinski definition) is 4.